The zero-order chi connectivity index (χ0) is 12.5. The molecule has 5 heteroatoms. The number of anilines is 1. The Balaban J connectivity index is 1.99. The molecule has 1 aromatic heterocycles. The average Bonchev–Trinajstić information content (AvgIpc) is 2.87. The van der Waals surface area contributed by atoms with Crippen LogP contribution in [0.15, 0.2) is 22.7 Å². The van der Waals surface area contributed by atoms with Gasteiger partial charge in [0, 0.05) is 24.8 Å². The number of rotatable bonds is 2. The van der Waals surface area contributed by atoms with Crippen LogP contribution in [-0.4, -0.2) is 23.7 Å². The predicted octanol–water partition coefficient (Wildman–Crippen LogP) is 1.58. The van der Waals surface area contributed by atoms with Crippen molar-refractivity contribution in [1.29, 1.82) is 0 Å². The summed E-state index contributed by atoms with van der Waals surface area (Å²) < 4.78 is 5.04. The molecule has 0 bridgehead atoms. The van der Waals surface area contributed by atoms with E-state index >= 15 is 0 Å². The zero-order valence-electron chi connectivity index (χ0n) is 10.4. The van der Waals surface area contributed by atoms with E-state index in [2.05, 4.69) is 34.2 Å². The van der Waals surface area contributed by atoms with Crippen molar-refractivity contribution in [3.8, 4) is 11.4 Å². The zero-order valence-corrected chi connectivity index (χ0v) is 10.4. The van der Waals surface area contributed by atoms with E-state index in [9.17, 15) is 0 Å². The molecule has 5 nitrogen and oxygen atoms in total. The molecule has 2 aromatic rings. The molecule has 1 aromatic carbocycles. The minimum Gasteiger partial charge on any atom is -0.374 e. The van der Waals surface area contributed by atoms with Gasteiger partial charge in [-0.15, -0.1) is 0 Å². The Morgan fingerprint density at radius 1 is 1.44 bits per heavy atom. The van der Waals surface area contributed by atoms with Crippen molar-refractivity contribution in [2.24, 2.45) is 5.73 Å². The Labute approximate surface area is 106 Å². The van der Waals surface area contributed by atoms with E-state index in [1.165, 1.54) is 17.7 Å². The second-order valence-electron chi connectivity index (χ2n) is 4.58. The summed E-state index contributed by atoms with van der Waals surface area (Å²) >= 11 is 0. The van der Waals surface area contributed by atoms with Gasteiger partial charge in [0.25, 0.3) is 0 Å². The third-order valence-corrected chi connectivity index (χ3v) is 3.33. The fraction of sp³-hybridized carbons (Fsp3) is 0.385. The Morgan fingerprint density at radius 3 is 3.11 bits per heavy atom. The number of hydrogen-bond donors (Lipinski definition) is 1. The molecule has 0 spiro atoms. The third kappa shape index (κ3) is 1.86. The van der Waals surface area contributed by atoms with Crippen LogP contribution in [0.1, 0.15) is 17.9 Å². The number of aryl methyl sites for hydroxylation is 1. The molecule has 94 valence electrons. The highest BCUT2D eigenvalue weighted by Crippen LogP contribution is 2.29. The molecule has 0 amide bonds. The molecule has 1 aliphatic heterocycles. The third-order valence-electron chi connectivity index (χ3n) is 3.33. The largest absolute Gasteiger partial charge is 0.374 e. The minimum atomic E-state index is 0.278. The van der Waals surface area contributed by atoms with E-state index in [0.717, 1.165) is 18.5 Å². The van der Waals surface area contributed by atoms with Gasteiger partial charge in [-0.05, 0) is 36.6 Å². The van der Waals surface area contributed by atoms with Crippen molar-refractivity contribution >= 4 is 5.69 Å². The van der Waals surface area contributed by atoms with Gasteiger partial charge in [-0.3, -0.25) is 0 Å². The van der Waals surface area contributed by atoms with E-state index in [0.29, 0.717) is 11.7 Å². The van der Waals surface area contributed by atoms with Crippen LogP contribution in [0, 0.1) is 0 Å². The van der Waals surface area contributed by atoms with Crippen molar-refractivity contribution in [3.05, 3.63) is 29.7 Å². The lowest BCUT2D eigenvalue weighted by Crippen LogP contribution is -2.24. The summed E-state index contributed by atoms with van der Waals surface area (Å²) in [6.07, 6.45) is 2.29. The van der Waals surface area contributed by atoms with Gasteiger partial charge in [0.1, 0.15) is 0 Å². The van der Waals surface area contributed by atoms with Crippen LogP contribution < -0.4 is 10.6 Å². The second-order valence-corrected chi connectivity index (χ2v) is 4.58. The molecule has 0 saturated carbocycles. The summed E-state index contributed by atoms with van der Waals surface area (Å²) in [4.78, 5) is 6.53. The summed E-state index contributed by atoms with van der Waals surface area (Å²) in [6, 6.07) is 6.31. The molecule has 0 atom stereocenters. The van der Waals surface area contributed by atoms with Crippen molar-refractivity contribution < 1.29 is 4.52 Å². The normalized spacial score (nSPS) is 14.7. The van der Waals surface area contributed by atoms with Crippen molar-refractivity contribution in [3.63, 3.8) is 0 Å². The standard InChI is InChI=1S/C13H16N4O/c1-17-6-2-3-9-7-10(4-5-11(9)17)13-15-12(8-14)18-16-13/h4-5,7H,2-3,6,8,14H2,1H3. The fourth-order valence-electron chi connectivity index (χ4n) is 2.38. The number of hydrogen-bond acceptors (Lipinski definition) is 5. The molecular formula is C13H16N4O. The Hall–Kier alpha value is -1.88. The smallest absolute Gasteiger partial charge is 0.240 e. The number of fused-ring (bicyclic) bond motifs is 1. The predicted molar refractivity (Wildman–Crippen MR) is 69.2 cm³/mol. The first-order valence-electron chi connectivity index (χ1n) is 6.15. The highest BCUT2D eigenvalue weighted by molar-refractivity contribution is 5.65. The quantitative estimate of drug-likeness (QED) is 0.868. The summed E-state index contributed by atoms with van der Waals surface area (Å²) in [6.45, 7) is 1.40. The van der Waals surface area contributed by atoms with Gasteiger partial charge in [-0.1, -0.05) is 5.16 Å². The van der Waals surface area contributed by atoms with Gasteiger partial charge >= 0.3 is 0 Å². The molecular weight excluding hydrogens is 228 g/mol. The fourth-order valence-corrected chi connectivity index (χ4v) is 2.38. The molecule has 2 heterocycles. The van der Waals surface area contributed by atoms with Crippen LogP contribution in [0.5, 0.6) is 0 Å². The maximum absolute atomic E-state index is 5.47. The number of nitrogens with two attached hydrogens (primary N) is 1. The summed E-state index contributed by atoms with van der Waals surface area (Å²) in [7, 11) is 2.12. The Kier molecular flexibility index (Phi) is 2.76. The van der Waals surface area contributed by atoms with Gasteiger partial charge < -0.3 is 15.2 Å². The highest BCUT2D eigenvalue weighted by atomic mass is 16.5. The van der Waals surface area contributed by atoms with Crippen molar-refractivity contribution in [2.45, 2.75) is 19.4 Å². The lowest BCUT2D eigenvalue weighted by molar-refractivity contribution is 0.380. The van der Waals surface area contributed by atoms with Crippen LogP contribution >= 0.6 is 0 Å². The molecule has 0 aliphatic carbocycles. The van der Waals surface area contributed by atoms with Crippen LogP contribution in [0.2, 0.25) is 0 Å². The van der Waals surface area contributed by atoms with Crippen LogP contribution in [0.3, 0.4) is 0 Å². The van der Waals surface area contributed by atoms with E-state index in [4.69, 9.17) is 10.3 Å². The summed E-state index contributed by atoms with van der Waals surface area (Å²) in [5, 5.41) is 3.95. The van der Waals surface area contributed by atoms with Gasteiger partial charge in [-0.25, -0.2) is 0 Å². The lowest BCUT2D eigenvalue weighted by atomic mass is 9.99. The second kappa shape index (κ2) is 4.42. The molecule has 0 radical (unpaired) electrons. The molecule has 3 rings (SSSR count). The van der Waals surface area contributed by atoms with Crippen LogP contribution in [0.25, 0.3) is 11.4 Å². The number of aromatic nitrogens is 2. The summed E-state index contributed by atoms with van der Waals surface area (Å²) in [5.41, 5.74) is 9.11. The molecule has 18 heavy (non-hydrogen) atoms. The SMILES string of the molecule is CN1CCCc2cc(-c3noc(CN)n3)ccc21. The number of nitrogens with zero attached hydrogens (tertiary/aromatic N) is 3. The first-order chi connectivity index (χ1) is 8.78. The van der Waals surface area contributed by atoms with Crippen molar-refractivity contribution in [1.82, 2.24) is 10.1 Å². The molecule has 0 saturated heterocycles. The van der Waals surface area contributed by atoms with E-state index in [1.54, 1.807) is 0 Å². The monoisotopic (exact) mass is 244 g/mol. The van der Waals surface area contributed by atoms with Gasteiger partial charge in [0.2, 0.25) is 11.7 Å². The van der Waals surface area contributed by atoms with Crippen LogP contribution in [-0.2, 0) is 13.0 Å². The van der Waals surface area contributed by atoms with E-state index in [1.807, 2.05) is 6.07 Å². The molecule has 1 aliphatic rings. The van der Waals surface area contributed by atoms with Gasteiger partial charge in [0.05, 0.1) is 6.54 Å². The van der Waals surface area contributed by atoms with E-state index < -0.39 is 0 Å². The first-order valence-corrected chi connectivity index (χ1v) is 6.15. The Bertz CT molecular complexity index is 564. The van der Waals surface area contributed by atoms with Crippen molar-refractivity contribution in [2.75, 3.05) is 18.5 Å². The van der Waals surface area contributed by atoms with Crippen LogP contribution in [0.4, 0.5) is 5.69 Å². The van der Waals surface area contributed by atoms with E-state index in [-0.39, 0.29) is 6.54 Å². The molecule has 0 unspecified atom stereocenters. The lowest BCUT2D eigenvalue weighted by Gasteiger charge is -2.27. The highest BCUT2D eigenvalue weighted by Gasteiger charge is 2.15. The minimum absolute atomic E-state index is 0.278. The average molecular weight is 244 g/mol. The van der Waals surface area contributed by atoms with Gasteiger partial charge in [0.15, 0.2) is 0 Å². The first kappa shape index (κ1) is 11.2. The molecule has 0 fully saturated rings. The number of benzene rings is 1. The maximum Gasteiger partial charge on any atom is 0.240 e. The molecule has 2 N–H and O–H groups in total. The summed E-state index contributed by atoms with van der Waals surface area (Å²) in [5.74, 6) is 1.09. The maximum atomic E-state index is 5.47. The Morgan fingerprint density at radius 2 is 2.33 bits per heavy atom. The topological polar surface area (TPSA) is 68.2 Å². The van der Waals surface area contributed by atoms with Gasteiger partial charge in [-0.2, -0.15) is 4.98 Å².